The molecule has 2 aromatic rings. The SMILES string of the molecule is C[N+](CC1=Cc2cccc3cccc(c23)C1=O)=C(N)N. The van der Waals surface area contributed by atoms with Crippen molar-refractivity contribution in [1.29, 1.82) is 0 Å². The molecule has 2 aromatic carbocycles. The second-order valence-corrected chi connectivity index (χ2v) is 5.03. The fourth-order valence-electron chi connectivity index (χ4n) is 2.57. The van der Waals surface area contributed by atoms with Crippen LogP contribution in [0, 0.1) is 0 Å². The molecule has 0 heterocycles. The molecule has 0 aromatic heterocycles. The van der Waals surface area contributed by atoms with Gasteiger partial charge in [-0.05, 0) is 17.0 Å². The first-order valence-electron chi connectivity index (χ1n) is 6.44. The van der Waals surface area contributed by atoms with Crippen molar-refractivity contribution in [3.8, 4) is 0 Å². The topological polar surface area (TPSA) is 72.1 Å². The Hall–Kier alpha value is -2.62. The van der Waals surface area contributed by atoms with Gasteiger partial charge in [0.05, 0.1) is 13.6 Å². The molecule has 0 saturated heterocycles. The summed E-state index contributed by atoms with van der Waals surface area (Å²) in [7, 11) is 1.77. The Bertz CT molecular complexity index is 778. The number of Topliss-reactive ketones (excluding diaryl/α,β-unsaturated/α-hetero) is 1. The summed E-state index contributed by atoms with van der Waals surface area (Å²) in [6, 6.07) is 11.8. The van der Waals surface area contributed by atoms with E-state index in [1.807, 2.05) is 42.5 Å². The number of carbonyl (C=O) groups excluding carboxylic acids is 1. The molecule has 20 heavy (non-hydrogen) atoms. The van der Waals surface area contributed by atoms with Crippen LogP contribution in [0.15, 0.2) is 42.0 Å². The van der Waals surface area contributed by atoms with Gasteiger partial charge in [0.1, 0.15) is 0 Å². The maximum atomic E-state index is 12.6. The van der Waals surface area contributed by atoms with Crippen LogP contribution in [0.5, 0.6) is 0 Å². The number of ketones is 1. The molecular formula is C16H16N3O+. The van der Waals surface area contributed by atoms with E-state index in [9.17, 15) is 4.79 Å². The number of rotatable bonds is 2. The average Bonchev–Trinajstić information content (AvgIpc) is 2.44. The predicted molar refractivity (Wildman–Crippen MR) is 80.7 cm³/mol. The molecule has 0 atom stereocenters. The first-order chi connectivity index (χ1) is 9.58. The van der Waals surface area contributed by atoms with E-state index in [2.05, 4.69) is 0 Å². The summed E-state index contributed by atoms with van der Waals surface area (Å²) in [6.45, 7) is 0.409. The molecule has 1 aliphatic rings. The lowest BCUT2D eigenvalue weighted by Crippen LogP contribution is -2.35. The quantitative estimate of drug-likeness (QED) is 0.489. The van der Waals surface area contributed by atoms with Gasteiger partial charge in [0.2, 0.25) is 0 Å². The molecule has 0 unspecified atom stereocenters. The van der Waals surface area contributed by atoms with Crippen molar-refractivity contribution in [2.45, 2.75) is 0 Å². The highest BCUT2D eigenvalue weighted by Gasteiger charge is 2.22. The Labute approximate surface area is 117 Å². The number of nitrogens with zero attached hydrogens (tertiary/aromatic N) is 1. The number of nitrogens with two attached hydrogens (primary N) is 2. The van der Waals surface area contributed by atoms with E-state index < -0.39 is 0 Å². The lowest BCUT2D eigenvalue weighted by atomic mass is 9.88. The zero-order chi connectivity index (χ0) is 14.3. The summed E-state index contributed by atoms with van der Waals surface area (Å²) in [4.78, 5) is 12.6. The molecule has 0 radical (unpaired) electrons. The van der Waals surface area contributed by atoms with Gasteiger partial charge in [-0.2, -0.15) is 0 Å². The zero-order valence-electron chi connectivity index (χ0n) is 11.3. The van der Waals surface area contributed by atoms with Crippen LogP contribution in [0.2, 0.25) is 0 Å². The van der Waals surface area contributed by atoms with Crippen molar-refractivity contribution in [3.63, 3.8) is 0 Å². The molecule has 3 rings (SSSR count). The normalized spacial score (nSPS) is 13.2. The van der Waals surface area contributed by atoms with E-state index in [4.69, 9.17) is 11.5 Å². The lowest BCUT2D eigenvalue weighted by Gasteiger charge is -2.17. The Kier molecular flexibility index (Phi) is 2.79. The van der Waals surface area contributed by atoms with Crippen molar-refractivity contribution in [2.24, 2.45) is 11.5 Å². The lowest BCUT2D eigenvalue weighted by molar-refractivity contribution is -0.489. The third kappa shape index (κ3) is 1.86. The predicted octanol–water partition coefficient (Wildman–Crippen LogP) is 1.34. The fraction of sp³-hybridized carbons (Fsp3) is 0.125. The number of likely N-dealkylation sites (N-methyl/N-ethyl adjacent to an activating group) is 1. The molecule has 0 amide bonds. The second kappa shape index (κ2) is 4.49. The third-order valence-electron chi connectivity index (χ3n) is 3.65. The van der Waals surface area contributed by atoms with E-state index >= 15 is 0 Å². The van der Waals surface area contributed by atoms with Crippen LogP contribution >= 0.6 is 0 Å². The number of carbonyl (C=O) groups is 1. The van der Waals surface area contributed by atoms with Gasteiger partial charge in [0, 0.05) is 16.5 Å². The van der Waals surface area contributed by atoms with Gasteiger partial charge >= 0.3 is 5.96 Å². The summed E-state index contributed by atoms with van der Waals surface area (Å²) in [5.41, 5.74) is 13.6. The van der Waals surface area contributed by atoms with E-state index in [1.54, 1.807) is 11.6 Å². The molecular weight excluding hydrogens is 250 g/mol. The van der Waals surface area contributed by atoms with E-state index in [0.717, 1.165) is 21.9 Å². The van der Waals surface area contributed by atoms with Crippen LogP contribution in [-0.2, 0) is 0 Å². The van der Waals surface area contributed by atoms with Crippen molar-refractivity contribution in [3.05, 3.63) is 53.1 Å². The van der Waals surface area contributed by atoms with Crippen LogP contribution in [0.4, 0.5) is 0 Å². The molecule has 0 spiro atoms. The molecule has 4 heteroatoms. The van der Waals surface area contributed by atoms with Crippen LogP contribution in [0.1, 0.15) is 15.9 Å². The van der Waals surface area contributed by atoms with Gasteiger partial charge in [-0.15, -0.1) is 0 Å². The standard InChI is InChI=1S/C16H15N3O/c1-19(16(17)18)9-12-8-11-6-2-4-10-5-3-7-13(14(10)11)15(12)20/h2-8H,9H2,1H3,(H3,17,18)/p+1. The smallest absolute Gasteiger partial charge is 0.291 e. The summed E-state index contributed by atoms with van der Waals surface area (Å²) >= 11 is 0. The fourth-order valence-corrected chi connectivity index (χ4v) is 2.57. The first kappa shape index (κ1) is 12.4. The van der Waals surface area contributed by atoms with Crippen LogP contribution in [0.25, 0.3) is 16.8 Å². The minimum Gasteiger partial charge on any atom is -0.291 e. The summed E-state index contributed by atoms with van der Waals surface area (Å²) < 4.78 is 1.66. The van der Waals surface area contributed by atoms with E-state index in [0.29, 0.717) is 12.1 Å². The number of guanidine groups is 1. The van der Waals surface area contributed by atoms with Crippen molar-refractivity contribution < 1.29 is 9.37 Å². The van der Waals surface area contributed by atoms with Crippen molar-refractivity contribution in [2.75, 3.05) is 13.6 Å². The minimum absolute atomic E-state index is 0.0439. The number of benzene rings is 2. The second-order valence-electron chi connectivity index (χ2n) is 5.03. The summed E-state index contributed by atoms with van der Waals surface area (Å²) in [5, 5.41) is 2.11. The maximum absolute atomic E-state index is 12.6. The number of hydrogen-bond acceptors (Lipinski definition) is 1. The van der Waals surface area contributed by atoms with Crippen LogP contribution < -0.4 is 11.5 Å². The monoisotopic (exact) mass is 266 g/mol. The molecule has 0 aliphatic heterocycles. The molecule has 0 bridgehead atoms. The molecule has 4 nitrogen and oxygen atoms in total. The minimum atomic E-state index is 0.0439. The number of hydrogen-bond donors (Lipinski definition) is 2. The average molecular weight is 266 g/mol. The Morgan fingerprint density at radius 1 is 1.15 bits per heavy atom. The molecule has 100 valence electrons. The Balaban J connectivity index is 2.18. The van der Waals surface area contributed by atoms with Gasteiger partial charge in [-0.25, -0.2) is 0 Å². The summed E-state index contributed by atoms with van der Waals surface area (Å²) in [6.07, 6.45) is 1.93. The first-order valence-corrected chi connectivity index (χ1v) is 6.44. The van der Waals surface area contributed by atoms with Crippen LogP contribution in [0.3, 0.4) is 0 Å². The van der Waals surface area contributed by atoms with Crippen molar-refractivity contribution >= 4 is 28.6 Å². The molecule has 4 N–H and O–H groups in total. The van der Waals surface area contributed by atoms with Gasteiger partial charge in [-0.3, -0.25) is 20.8 Å². The van der Waals surface area contributed by atoms with E-state index in [-0.39, 0.29) is 11.7 Å². The molecule has 0 fully saturated rings. The largest absolute Gasteiger partial charge is 0.341 e. The highest BCUT2D eigenvalue weighted by atomic mass is 16.1. The highest BCUT2D eigenvalue weighted by molar-refractivity contribution is 6.22. The van der Waals surface area contributed by atoms with Gasteiger partial charge in [0.15, 0.2) is 5.78 Å². The van der Waals surface area contributed by atoms with Gasteiger partial charge < -0.3 is 0 Å². The Morgan fingerprint density at radius 2 is 1.85 bits per heavy atom. The molecule has 1 aliphatic carbocycles. The maximum Gasteiger partial charge on any atom is 0.341 e. The third-order valence-corrected chi connectivity index (χ3v) is 3.65. The van der Waals surface area contributed by atoms with E-state index in [1.165, 1.54) is 0 Å². The highest BCUT2D eigenvalue weighted by Crippen LogP contribution is 2.31. The Morgan fingerprint density at radius 3 is 2.55 bits per heavy atom. The van der Waals surface area contributed by atoms with Crippen molar-refractivity contribution in [1.82, 2.24) is 0 Å². The summed E-state index contributed by atoms with van der Waals surface area (Å²) in [5.74, 6) is 0.248. The van der Waals surface area contributed by atoms with Crippen LogP contribution in [-0.4, -0.2) is 29.9 Å². The zero-order valence-corrected chi connectivity index (χ0v) is 11.3. The van der Waals surface area contributed by atoms with Gasteiger partial charge in [-0.1, -0.05) is 36.4 Å². The van der Waals surface area contributed by atoms with Gasteiger partial charge in [0.25, 0.3) is 0 Å². The molecule has 0 saturated carbocycles.